The van der Waals surface area contributed by atoms with Crippen LogP contribution in [0.4, 0.5) is 5.82 Å². The molecule has 0 aromatic carbocycles. The van der Waals surface area contributed by atoms with Gasteiger partial charge in [0.15, 0.2) is 11.9 Å². The van der Waals surface area contributed by atoms with E-state index >= 15 is 0 Å². The van der Waals surface area contributed by atoms with E-state index in [1.54, 1.807) is 10.9 Å². The maximum absolute atomic E-state index is 4.16. The molecule has 0 N–H and O–H groups in total. The Morgan fingerprint density at radius 3 is 3.27 bits per heavy atom. The van der Waals surface area contributed by atoms with Crippen molar-refractivity contribution < 1.29 is 4.68 Å². The molecule has 1 aliphatic heterocycles. The molecule has 11 heavy (non-hydrogen) atoms. The first-order valence-corrected chi connectivity index (χ1v) is 3.50. The van der Waals surface area contributed by atoms with Crippen LogP contribution in [0.3, 0.4) is 0 Å². The molecule has 0 amide bonds. The number of hydrogen-bond donors (Lipinski definition) is 0. The normalized spacial score (nSPS) is 17.4. The highest BCUT2D eigenvalue weighted by Gasteiger charge is 2.20. The van der Waals surface area contributed by atoms with Crippen molar-refractivity contribution in [1.82, 2.24) is 5.10 Å². The van der Waals surface area contributed by atoms with Crippen molar-refractivity contribution in [2.45, 2.75) is 6.92 Å². The smallest absolute Gasteiger partial charge is 0.0906 e. The SMILES string of the molecule is CC=C1C=Nc2cccn[n+]21. The van der Waals surface area contributed by atoms with Crippen LogP contribution in [0.5, 0.6) is 0 Å². The fourth-order valence-electron chi connectivity index (χ4n) is 1.04. The first-order valence-electron chi connectivity index (χ1n) is 3.50. The largest absolute Gasteiger partial charge is 0.348 e. The molecule has 2 rings (SSSR count). The summed E-state index contributed by atoms with van der Waals surface area (Å²) in [7, 11) is 0. The Bertz CT molecular complexity index is 339. The van der Waals surface area contributed by atoms with Crippen molar-refractivity contribution in [3.8, 4) is 0 Å². The Kier molecular flexibility index (Phi) is 1.28. The molecule has 0 saturated heterocycles. The number of allylic oxidation sites excluding steroid dienone is 2. The van der Waals surface area contributed by atoms with Crippen LogP contribution in [0.25, 0.3) is 5.70 Å². The summed E-state index contributed by atoms with van der Waals surface area (Å²) >= 11 is 0. The second kappa shape index (κ2) is 2.27. The Morgan fingerprint density at radius 2 is 2.45 bits per heavy atom. The summed E-state index contributed by atoms with van der Waals surface area (Å²) in [5.74, 6) is 0.889. The number of aromatic nitrogens is 2. The maximum Gasteiger partial charge on any atom is 0.348 e. The van der Waals surface area contributed by atoms with Crippen LogP contribution >= 0.6 is 0 Å². The minimum absolute atomic E-state index is 0.889. The van der Waals surface area contributed by atoms with E-state index in [0.29, 0.717) is 0 Å². The van der Waals surface area contributed by atoms with E-state index in [0.717, 1.165) is 11.5 Å². The summed E-state index contributed by atoms with van der Waals surface area (Å²) in [6, 6.07) is 3.81. The first kappa shape index (κ1) is 6.22. The second-order valence-corrected chi connectivity index (χ2v) is 2.27. The van der Waals surface area contributed by atoms with E-state index in [2.05, 4.69) is 10.1 Å². The van der Waals surface area contributed by atoms with Crippen LogP contribution in [0.2, 0.25) is 0 Å². The first-order chi connectivity index (χ1) is 5.42. The highest BCUT2D eigenvalue weighted by Crippen LogP contribution is 2.10. The van der Waals surface area contributed by atoms with E-state index < -0.39 is 0 Å². The van der Waals surface area contributed by atoms with Crippen molar-refractivity contribution in [2.24, 2.45) is 4.99 Å². The zero-order chi connectivity index (χ0) is 7.68. The van der Waals surface area contributed by atoms with Gasteiger partial charge in [-0.1, -0.05) is 9.78 Å². The molecule has 1 aromatic rings. The van der Waals surface area contributed by atoms with Gasteiger partial charge < -0.3 is 0 Å². The predicted molar refractivity (Wildman–Crippen MR) is 42.5 cm³/mol. The minimum atomic E-state index is 0.889. The Hall–Kier alpha value is -1.51. The molecule has 54 valence electrons. The monoisotopic (exact) mass is 146 g/mol. The Labute approximate surface area is 64.7 Å². The highest BCUT2D eigenvalue weighted by atomic mass is 15.3. The number of nitrogens with zero attached hydrogens (tertiary/aromatic N) is 3. The molecule has 0 radical (unpaired) electrons. The molecule has 3 nitrogen and oxygen atoms in total. The van der Waals surface area contributed by atoms with Crippen LogP contribution in [0.15, 0.2) is 29.4 Å². The maximum atomic E-state index is 4.16. The molecule has 2 heterocycles. The van der Waals surface area contributed by atoms with E-state index in [9.17, 15) is 0 Å². The van der Waals surface area contributed by atoms with E-state index in [-0.39, 0.29) is 0 Å². The van der Waals surface area contributed by atoms with Gasteiger partial charge in [0.1, 0.15) is 0 Å². The molecule has 0 fully saturated rings. The molecule has 1 aromatic heterocycles. The molecule has 0 bridgehead atoms. The summed E-state index contributed by atoms with van der Waals surface area (Å²) in [5.41, 5.74) is 1.03. The minimum Gasteiger partial charge on any atom is -0.0906 e. The van der Waals surface area contributed by atoms with Gasteiger partial charge in [0, 0.05) is 6.07 Å². The van der Waals surface area contributed by atoms with Crippen LogP contribution in [0.1, 0.15) is 6.92 Å². The molecular formula is C8H8N3+. The molecule has 0 unspecified atom stereocenters. The standard InChI is InChI=1S/C8H8N3/c1-2-7-6-9-8-4-3-5-10-11(7)8/h2-6H,1H3/q+1. The summed E-state index contributed by atoms with van der Waals surface area (Å²) in [6.07, 6.45) is 5.54. The molecule has 0 saturated carbocycles. The van der Waals surface area contributed by atoms with Gasteiger partial charge in [-0.2, -0.15) is 0 Å². The Balaban J connectivity index is 2.63. The number of aliphatic imine (C=N–C) groups is 1. The molecule has 3 heteroatoms. The van der Waals surface area contributed by atoms with Crippen LogP contribution < -0.4 is 4.68 Å². The van der Waals surface area contributed by atoms with Gasteiger partial charge in [-0.25, -0.2) is 0 Å². The lowest BCUT2D eigenvalue weighted by Crippen LogP contribution is -2.33. The van der Waals surface area contributed by atoms with Gasteiger partial charge >= 0.3 is 5.82 Å². The van der Waals surface area contributed by atoms with Crippen LogP contribution in [-0.2, 0) is 0 Å². The van der Waals surface area contributed by atoms with Crippen molar-refractivity contribution in [3.05, 3.63) is 24.4 Å². The molecule has 0 atom stereocenters. The lowest BCUT2D eigenvalue weighted by atomic mass is 10.4. The van der Waals surface area contributed by atoms with Gasteiger partial charge in [-0.05, 0) is 24.1 Å². The van der Waals surface area contributed by atoms with Crippen LogP contribution in [-0.4, -0.2) is 11.3 Å². The lowest BCUT2D eigenvalue weighted by molar-refractivity contribution is -0.624. The van der Waals surface area contributed by atoms with E-state index in [4.69, 9.17) is 0 Å². The quantitative estimate of drug-likeness (QED) is 0.501. The summed E-state index contributed by atoms with van der Waals surface area (Å²) in [6.45, 7) is 1.97. The molecule has 1 aliphatic rings. The number of rotatable bonds is 0. The fraction of sp³-hybridized carbons (Fsp3) is 0.125. The number of fused-ring (bicyclic) bond motifs is 1. The third-order valence-electron chi connectivity index (χ3n) is 1.60. The molecule has 0 spiro atoms. The average Bonchev–Trinajstić information content (AvgIpc) is 2.47. The zero-order valence-corrected chi connectivity index (χ0v) is 6.23. The summed E-state index contributed by atoms with van der Waals surface area (Å²) < 4.78 is 1.81. The third-order valence-corrected chi connectivity index (χ3v) is 1.60. The second-order valence-electron chi connectivity index (χ2n) is 2.27. The van der Waals surface area contributed by atoms with Gasteiger partial charge in [-0.3, -0.25) is 0 Å². The van der Waals surface area contributed by atoms with Gasteiger partial charge in [0.25, 0.3) is 0 Å². The van der Waals surface area contributed by atoms with Gasteiger partial charge in [-0.15, -0.1) is 0 Å². The molecule has 0 aliphatic carbocycles. The number of hydrogen-bond acceptors (Lipinski definition) is 2. The van der Waals surface area contributed by atoms with Crippen molar-refractivity contribution in [3.63, 3.8) is 0 Å². The lowest BCUT2D eigenvalue weighted by Gasteiger charge is -1.88. The fourth-order valence-corrected chi connectivity index (χ4v) is 1.04. The topological polar surface area (TPSA) is 29.1 Å². The van der Waals surface area contributed by atoms with Crippen LogP contribution in [0, 0.1) is 0 Å². The van der Waals surface area contributed by atoms with Crippen molar-refractivity contribution in [1.29, 1.82) is 0 Å². The summed E-state index contributed by atoms with van der Waals surface area (Å²) in [5, 5.41) is 4.13. The van der Waals surface area contributed by atoms with E-state index in [1.807, 2.05) is 31.3 Å². The highest BCUT2D eigenvalue weighted by molar-refractivity contribution is 6.00. The van der Waals surface area contributed by atoms with E-state index in [1.165, 1.54) is 0 Å². The predicted octanol–water partition coefficient (Wildman–Crippen LogP) is 0.946. The van der Waals surface area contributed by atoms with Crippen molar-refractivity contribution in [2.75, 3.05) is 0 Å². The Morgan fingerprint density at radius 1 is 1.55 bits per heavy atom. The zero-order valence-electron chi connectivity index (χ0n) is 6.23. The van der Waals surface area contributed by atoms with Crippen molar-refractivity contribution >= 4 is 17.7 Å². The third kappa shape index (κ3) is 0.852. The van der Waals surface area contributed by atoms with Gasteiger partial charge in [0.2, 0.25) is 0 Å². The molecular weight excluding hydrogens is 138 g/mol. The average molecular weight is 146 g/mol. The van der Waals surface area contributed by atoms with Gasteiger partial charge in [0.05, 0.1) is 6.20 Å². The summed E-state index contributed by atoms with van der Waals surface area (Å²) in [4.78, 5) is 4.16.